The minimum absolute atomic E-state index is 0.0723. The summed E-state index contributed by atoms with van der Waals surface area (Å²) >= 11 is 1.63. The average Bonchev–Trinajstić information content (AvgIpc) is 2.86. The number of rotatable bonds is 4. The molecule has 0 unspecified atom stereocenters. The summed E-state index contributed by atoms with van der Waals surface area (Å²) in [6.07, 6.45) is 0. The molecule has 0 fully saturated rings. The Balaban J connectivity index is 1.94. The van der Waals surface area contributed by atoms with Crippen LogP contribution in [0.1, 0.15) is 39.4 Å². The van der Waals surface area contributed by atoms with E-state index in [1.807, 2.05) is 45.0 Å². The van der Waals surface area contributed by atoms with E-state index < -0.39 is 0 Å². The molecule has 2 aromatic rings. The number of hydrogen-bond donors (Lipinski definition) is 1. The maximum absolute atomic E-state index is 10.9. The molecule has 112 valence electrons. The van der Waals surface area contributed by atoms with Gasteiger partial charge in [-0.05, 0) is 24.3 Å². The van der Waals surface area contributed by atoms with Gasteiger partial charge in [0.1, 0.15) is 0 Å². The minimum atomic E-state index is -0.129. The van der Waals surface area contributed by atoms with E-state index in [1.54, 1.807) is 11.8 Å². The summed E-state index contributed by atoms with van der Waals surface area (Å²) in [5.41, 5.74) is 0.664. The lowest BCUT2D eigenvalue weighted by Gasteiger charge is -2.10. The van der Waals surface area contributed by atoms with Crippen molar-refractivity contribution in [1.82, 2.24) is 10.1 Å². The Morgan fingerprint density at radius 2 is 1.95 bits per heavy atom. The largest absolute Gasteiger partial charge is 0.339 e. The van der Waals surface area contributed by atoms with E-state index in [9.17, 15) is 4.79 Å². The Kier molecular flexibility index (Phi) is 4.67. The number of anilines is 1. The molecule has 0 atom stereocenters. The van der Waals surface area contributed by atoms with Crippen LogP contribution in [0.15, 0.2) is 33.7 Å². The summed E-state index contributed by atoms with van der Waals surface area (Å²) in [6, 6.07) is 7.67. The second kappa shape index (κ2) is 6.30. The molecule has 5 nitrogen and oxygen atoms in total. The first-order valence-corrected chi connectivity index (χ1v) is 7.66. The summed E-state index contributed by atoms with van der Waals surface area (Å²) in [5, 5.41) is 6.73. The maximum atomic E-state index is 10.9. The number of nitrogens with one attached hydrogen (secondary N) is 1. The molecular weight excluding hydrogens is 286 g/mol. The lowest BCUT2D eigenvalue weighted by Crippen LogP contribution is -2.11. The smallest absolute Gasteiger partial charge is 0.232 e. The van der Waals surface area contributed by atoms with Crippen molar-refractivity contribution in [3.05, 3.63) is 36.0 Å². The van der Waals surface area contributed by atoms with Gasteiger partial charge in [-0.1, -0.05) is 25.9 Å². The quantitative estimate of drug-likeness (QED) is 0.874. The lowest BCUT2D eigenvalue weighted by molar-refractivity contribution is -0.114. The van der Waals surface area contributed by atoms with Gasteiger partial charge in [-0.2, -0.15) is 4.98 Å². The van der Waals surface area contributed by atoms with Crippen LogP contribution in [0.5, 0.6) is 0 Å². The molecule has 0 spiro atoms. The molecule has 1 N–H and O–H groups in total. The Labute approximate surface area is 128 Å². The third-order valence-corrected chi connectivity index (χ3v) is 3.66. The van der Waals surface area contributed by atoms with Gasteiger partial charge in [-0.3, -0.25) is 4.79 Å². The highest BCUT2D eigenvalue weighted by atomic mass is 32.2. The van der Waals surface area contributed by atoms with Crippen LogP contribution in [0.3, 0.4) is 0 Å². The summed E-state index contributed by atoms with van der Waals surface area (Å²) in [6.45, 7) is 7.61. The number of hydrogen-bond acceptors (Lipinski definition) is 5. The van der Waals surface area contributed by atoms with Crippen molar-refractivity contribution in [1.29, 1.82) is 0 Å². The first-order valence-electron chi connectivity index (χ1n) is 6.68. The fourth-order valence-electron chi connectivity index (χ4n) is 1.60. The van der Waals surface area contributed by atoms with Crippen LogP contribution in [-0.2, 0) is 16.0 Å². The molecule has 2 rings (SSSR count). The van der Waals surface area contributed by atoms with Crippen LogP contribution in [0.25, 0.3) is 0 Å². The molecule has 0 aliphatic carbocycles. The fraction of sp³-hybridized carbons (Fsp3) is 0.400. The van der Waals surface area contributed by atoms with Gasteiger partial charge < -0.3 is 9.84 Å². The molecular formula is C15H19N3O2S. The summed E-state index contributed by atoms with van der Waals surface area (Å²) < 4.78 is 5.26. The van der Waals surface area contributed by atoms with E-state index in [0.717, 1.165) is 10.6 Å². The number of nitrogens with zero attached hydrogens (tertiary/aromatic N) is 2. The Morgan fingerprint density at radius 3 is 2.48 bits per heavy atom. The van der Waals surface area contributed by atoms with E-state index >= 15 is 0 Å². The summed E-state index contributed by atoms with van der Waals surface area (Å²) in [7, 11) is 0. The SMILES string of the molecule is CC(=O)Nc1ccc(SCc2noc(C(C)(C)C)n2)cc1. The van der Waals surface area contributed by atoms with E-state index in [1.165, 1.54) is 6.92 Å². The van der Waals surface area contributed by atoms with Gasteiger partial charge in [-0.15, -0.1) is 11.8 Å². The number of carbonyl (C=O) groups is 1. The molecule has 1 aromatic heterocycles. The molecule has 1 aromatic carbocycles. The van der Waals surface area contributed by atoms with Crippen molar-refractivity contribution < 1.29 is 9.32 Å². The monoisotopic (exact) mass is 305 g/mol. The first-order chi connectivity index (χ1) is 9.84. The second-order valence-electron chi connectivity index (χ2n) is 5.76. The molecule has 1 heterocycles. The van der Waals surface area contributed by atoms with Crippen molar-refractivity contribution in [2.45, 2.75) is 43.8 Å². The van der Waals surface area contributed by atoms with Gasteiger partial charge in [0.15, 0.2) is 5.82 Å². The number of benzene rings is 1. The Morgan fingerprint density at radius 1 is 1.29 bits per heavy atom. The summed E-state index contributed by atoms with van der Waals surface area (Å²) in [4.78, 5) is 16.4. The molecule has 1 amide bonds. The van der Waals surface area contributed by atoms with Gasteiger partial charge in [0, 0.05) is 22.9 Å². The normalized spacial score (nSPS) is 11.4. The zero-order valence-corrected chi connectivity index (χ0v) is 13.5. The van der Waals surface area contributed by atoms with Gasteiger partial charge in [0.05, 0.1) is 5.75 Å². The van der Waals surface area contributed by atoms with Crippen LogP contribution in [0.2, 0.25) is 0 Å². The van der Waals surface area contributed by atoms with Crippen LogP contribution in [0.4, 0.5) is 5.69 Å². The van der Waals surface area contributed by atoms with Gasteiger partial charge in [0.25, 0.3) is 0 Å². The molecule has 0 aliphatic heterocycles. The topological polar surface area (TPSA) is 68.0 Å². The van der Waals surface area contributed by atoms with Crippen molar-refractivity contribution in [3.63, 3.8) is 0 Å². The molecule has 0 radical (unpaired) electrons. The third-order valence-electron chi connectivity index (χ3n) is 2.65. The third kappa shape index (κ3) is 4.60. The first kappa shape index (κ1) is 15.6. The molecule has 6 heteroatoms. The van der Waals surface area contributed by atoms with E-state index in [-0.39, 0.29) is 11.3 Å². The zero-order chi connectivity index (χ0) is 15.5. The minimum Gasteiger partial charge on any atom is -0.339 e. The van der Waals surface area contributed by atoms with E-state index in [4.69, 9.17) is 4.52 Å². The lowest BCUT2D eigenvalue weighted by atomic mass is 9.97. The van der Waals surface area contributed by atoms with Crippen LogP contribution < -0.4 is 5.32 Å². The number of aromatic nitrogens is 2. The van der Waals surface area contributed by atoms with Gasteiger partial charge in [0.2, 0.25) is 11.8 Å². The van der Waals surface area contributed by atoms with E-state index in [2.05, 4.69) is 15.5 Å². The predicted octanol–water partition coefficient (Wildman–Crippen LogP) is 3.62. The highest BCUT2D eigenvalue weighted by Crippen LogP contribution is 2.25. The molecule has 0 saturated carbocycles. The number of thioether (sulfide) groups is 1. The van der Waals surface area contributed by atoms with Crippen LogP contribution in [0, 0.1) is 0 Å². The standard InChI is InChI=1S/C15H19N3O2S/c1-10(19)16-11-5-7-12(8-6-11)21-9-13-17-14(20-18-13)15(2,3)4/h5-8H,9H2,1-4H3,(H,16,19). The highest BCUT2D eigenvalue weighted by Gasteiger charge is 2.21. The average molecular weight is 305 g/mol. The molecule has 0 bridgehead atoms. The molecule has 21 heavy (non-hydrogen) atoms. The van der Waals surface area contributed by atoms with Gasteiger partial charge in [-0.25, -0.2) is 0 Å². The van der Waals surface area contributed by atoms with Gasteiger partial charge >= 0.3 is 0 Å². The number of amides is 1. The van der Waals surface area contributed by atoms with Crippen LogP contribution in [-0.4, -0.2) is 16.0 Å². The second-order valence-corrected chi connectivity index (χ2v) is 6.81. The van der Waals surface area contributed by atoms with E-state index in [0.29, 0.717) is 17.5 Å². The maximum Gasteiger partial charge on any atom is 0.232 e. The predicted molar refractivity (Wildman–Crippen MR) is 83.3 cm³/mol. The van der Waals surface area contributed by atoms with Crippen molar-refractivity contribution in [2.24, 2.45) is 0 Å². The molecule has 0 saturated heterocycles. The number of carbonyl (C=O) groups excluding carboxylic acids is 1. The van der Waals surface area contributed by atoms with Crippen molar-refractivity contribution in [3.8, 4) is 0 Å². The Hall–Kier alpha value is -1.82. The van der Waals surface area contributed by atoms with Crippen molar-refractivity contribution >= 4 is 23.4 Å². The molecule has 0 aliphatic rings. The van der Waals surface area contributed by atoms with Crippen molar-refractivity contribution in [2.75, 3.05) is 5.32 Å². The Bertz CT molecular complexity index is 615. The zero-order valence-electron chi connectivity index (χ0n) is 12.6. The van der Waals surface area contributed by atoms with Crippen LogP contribution >= 0.6 is 11.8 Å². The highest BCUT2D eigenvalue weighted by molar-refractivity contribution is 7.98. The summed E-state index contributed by atoms with van der Waals surface area (Å²) in [5.74, 6) is 1.92. The fourth-order valence-corrected chi connectivity index (χ4v) is 2.34.